The molecule has 304 valence electrons. The molecule has 0 heterocycles. The molecular formula is C44H55N3O7S2Si. The van der Waals surface area contributed by atoms with Crippen LogP contribution < -0.4 is 16.0 Å². The number of Topliss-reactive ketones (excluding diaryl/α,β-unsaturated/α-hetero) is 2. The Bertz CT molecular complexity index is 1880. The van der Waals surface area contributed by atoms with E-state index in [1.54, 1.807) is 18.2 Å². The van der Waals surface area contributed by atoms with Gasteiger partial charge in [-0.1, -0.05) is 96.0 Å². The molecule has 4 rings (SSSR count). The molecule has 0 saturated carbocycles. The van der Waals surface area contributed by atoms with Crippen LogP contribution in [0.1, 0.15) is 91.6 Å². The van der Waals surface area contributed by atoms with E-state index < -0.39 is 8.80 Å². The summed E-state index contributed by atoms with van der Waals surface area (Å²) in [7, 11) is 0.0863. The van der Waals surface area contributed by atoms with Crippen LogP contribution in [0.2, 0.25) is 6.04 Å². The Kier molecular flexibility index (Phi) is 19.5. The molecule has 4 aromatic rings. The standard InChI is InChI=1S/C44H55N3O7S2Si/c1-5-9-10-16-37(48)31-33-21-25-35(26-22-33)46-43(50)39-18-12-14-20-42(39)56-55-41-19-13-11-17-38(41)40(49)32-34-23-27-36(28-24-34)47-44(51)45-29-15-30-57(52-6-2,53-7-3)54-8-4/h11-14,17-28H,5-10,15-16,29-32H2,1-4H3,(H,46,50)(H2,45,47,51). The molecule has 0 fully saturated rings. The van der Waals surface area contributed by atoms with Gasteiger partial charge in [-0.25, -0.2) is 4.79 Å². The Hall–Kier alpha value is -4.24. The van der Waals surface area contributed by atoms with Gasteiger partial charge in [-0.3, -0.25) is 14.4 Å². The van der Waals surface area contributed by atoms with Gasteiger partial charge in [-0.2, -0.15) is 0 Å². The van der Waals surface area contributed by atoms with Crippen LogP contribution in [0.25, 0.3) is 0 Å². The minimum absolute atomic E-state index is 0.0416. The fourth-order valence-corrected chi connectivity index (χ4v) is 11.0. The van der Waals surface area contributed by atoms with Crippen LogP contribution in [0, 0.1) is 0 Å². The van der Waals surface area contributed by atoms with E-state index in [4.69, 9.17) is 13.3 Å². The van der Waals surface area contributed by atoms with Crippen molar-refractivity contribution in [1.82, 2.24) is 5.32 Å². The fourth-order valence-electron chi connectivity index (χ4n) is 6.05. The van der Waals surface area contributed by atoms with Gasteiger partial charge >= 0.3 is 14.8 Å². The summed E-state index contributed by atoms with van der Waals surface area (Å²) in [6.07, 6.45) is 4.89. The van der Waals surface area contributed by atoms with Crippen molar-refractivity contribution in [2.75, 3.05) is 37.0 Å². The van der Waals surface area contributed by atoms with Crippen LogP contribution in [0.3, 0.4) is 0 Å². The van der Waals surface area contributed by atoms with Crippen LogP contribution in [-0.2, 0) is 30.9 Å². The molecule has 0 aliphatic heterocycles. The van der Waals surface area contributed by atoms with Crippen LogP contribution in [0.4, 0.5) is 16.2 Å². The van der Waals surface area contributed by atoms with E-state index in [0.29, 0.717) is 74.2 Å². The van der Waals surface area contributed by atoms with Crippen molar-refractivity contribution in [3.63, 3.8) is 0 Å². The molecule has 0 spiro atoms. The third kappa shape index (κ3) is 15.2. The van der Waals surface area contributed by atoms with Crippen molar-refractivity contribution < 1.29 is 32.5 Å². The molecule has 0 aliphatic carbocycles. The third-order valence-electron chi connectivity index (χ3n) is 8.83. The molecule has 10 nitrogen and oxygen atoms in total. The van der Waals surface area contributed by atoms with Crippen LogP contribution in [-0.4, -0.2) is 58.7 Å². The maximum Gasteiger partial charge on any atom is 0.500 e. The van der Waals surface area contributed by atoms with Gasteiger partial charge in [-0.05, 0) is 87.2 Å². The second kappa shape index (κ2) is 24.5. The van der Waals surface area contributed by atoms with E-state index in [0.717, 1.165) is 40.2 Å². The number of unbranched alkanes of at least 4 members (excludes halogenated alkanes) is 2. The van der Waals surface area contributed by atoms with E-state index in [1.807, 2.05) is 99.6 Å². The molecule has 0 aliphatic rings. The average molecular weight is 830 g/mol. The maximum absolute atomic E-state index is 13.6. The predicted octanol–water partition coefficient (Wildman–Crippen LogP) is 10.4. The van der Waals surface area contributed by atoms with E-state index in [-0.39, 0.29) is 29.9 Å². The molecule has 0 aromatic heterocycles. The molecular weight excluding hydrogens is 775 g/mol. The number of rotatable bonds is 25. The number of hydrogen-bond donors (Lipinski definition) is 3. The van der Waals surface area contributed by atoms with Gasteiger partial charge in [0.1, 0.15) is 5.78 Å². The summed E-state index contributed by atoms with van der Waals surface area (Å²) >= 11 is 0. The Morgan fingerprint density at radius 1 is 0.596 bits per heavy atom. The second-order valence-corrected chi connectivity index (χ2v) is 18.2. The molecule has 4 aromatic carbocycles. The van der Waals surface area contributed by atoms with Crippen molar-refractivity contribution in [2.24, 2.45) is 0 Å². The van der Waals surface area contributed by atoms with Gasteiger partial charge in [0, 0.05) is 78.4 Å². The van der Waals surface area contributed by atoms with E-state index >= 15 is 0 Å². The molecule has 57 heavy (non-hydrogen) atoms. The van der Waals surface area contributed by atoms with Gasteiger partial charge in [0.05, 0.1) is 5.56 Å². The minimum atomic E-state index is -2.76. The van der Waals surface area contributed by atoms with Crippen molar-refractivity contribution in [1.29, 1.82) is 0 Å². The second-order valence-electron chi connectivity index (χ2n) is 13.2. The number of anilines is 2. The largest absolute Gasteiger partial charge is 0.500 e. The predicted molar refractivity (Wildman–Crippen MR) is 233 cm³/mol. The average Bonchev–Trinajstić information content (AvgIpc) is 3.21. The third-order valence-corrected chi connectivity index (χ3v) is 14.5. The number of ketones is 2. The number of nitrogens with one attached hydrogen (secondary N) is 3. The Labute approximate surface area is 346 Å². The van der Waals surface area contributed by atoms with Crippen molar-refractivity contribution in [3.05, 3.63) is 119 Å². The molecule has 0 radical (unpaired) electrons. The number of carbonyl (C=O) groups is 4. The topological polar surface area (TPSA) is 132 Å². The van der Waals surface area contributed by atoms with Crippen molar-refractivity contribution >= 4 is 65.3 Å². The first kappa shape index (κ1) is 45.5. The van der Waals surface area contributed by atoms with Crippen molar-refractivity contribution in [2.45, 2.75) is 88.5 Å². The highest BCUT2D eigenvalue weighted by atomic mass is 33.1. The number of carbonyl (C=O) groups excluding carboxylic acids is 4. The first-order chi connectivity index (χ1) is 27.7. The molecule has 3 N–H and O–H groups in total. The summed E-state index contributed by atoms with van der Waals surface area (Å²) in [5, 5.41) is 8.70. The smallest absolute Gasteiger partial charge is 0.374 e. The van der Waals surface area contributed by atoms with Crippen LogP contribution in [0.5, 0.6) is 0 Å². The van der Waals surface area contributed by atoms with Gasteiger partial charge in [0.15, 0.2) is 5.78 Å². The first-order valence-electron chi connectivity index (χ1n) is 19.7. The summed E-state index contributed by atoms with van der Waals surface area (Å²) in [4.78, 5) is 53.4. The Morgan fingerprint density at radius 2 is 1.12 bits per heavy atom. The quantitative estimate of drug-likeness (QED) is 0.0258. The Morgan fingerprint density at radius 3 is 1.70 bits per heavy atom. The lowest BCUT2D eigenvalue weighted by atomic mass is 10.0. The highest BCUT2D eigenvalue weighted by molar-refractivity contribution is 8.76. The van der Waals surface area contributed by atoms with Crippen LogP contribution in [0.15, 0.2) is 107 Å². The van der Waals surface area contributed by atoms with Gasteiger partial charge in [-0.15, -0.1) is 0 Å². The lowest BCUT2D eigenvalue weighted by Gasteiger charge is -2.28. The van der Waals surface area contributed by atoms with Gasteiger partial charge in [0.25, 0.3) is 5.91 Å². The molecule has 0 bridgehead atoms. The summed E-state index contributed by atoms with van der Waals surface area (Å²) in [6.45, 7) is 9.83. The van der Waals surface area contributed by atoms with E-state index in [2.05, 4.69) is 22.9 Å². The Balaban J connectivity index is 1.28. The normalized spacial score (nSPS) is 11.2. The lowest BCUT2D eigenvalue weighted by molar-refractivity contribution is -0.118. The summed E-state index contributed by atoms with van der Waals surface area (Å²) in [6, 6.07) is 29.8. The number of hydrogen-bond acceptors (Lipinski definition) is 9. The zero-order valence-corrected chi connectivity index (χ0v) is 36.0. The molecule has 3 amide bonds. The first-order valence-corrected chi connectivity index (χ1v) is 23.8. The zero-order valence-electron chi connectivity index (χ0n) is 33.4. The zero-order chi connectivity index (χ0) is 40.9. The highest BCUT2D eigenvalue weighted by Crippen LogP contribution is 2.41. The van der Waals surface area contributed by atoms with Gasteiger partial charge < -0.3 is 29.2 Å². The summed E-state index contributed by atoms with van der Waals surface area (Å²) < 4.78 is 17.7. The number of urea groups is 1. The monoisotopic (exact) mass is 829 g/mol. The highest BCUT2D eigenvalue weighted by Gasteiger charge is 2.39. The molecule has 0 atom stereocenters. The fraction of sp³-hybridized carbons (Fsp3) is 0.364. The number of benzene rings is 4. The molecule has 0 saturated heterocycles. The molecule has 13 heteroatoms. The van der Waals surface area contributed by atoms with E-state index in [9.17, 15) is 19.2 Å². The summed E-state index contributed by atoms with van der Waals surface area (Å²) in [5.41, 5.74) is 4.12. The van der Waals surface area contributed by atoms with E-state index in [1.165, 1.54) is 21.6 Å². The minimum Gasteiger partial charge on any atom is -0.374 e. The SMILES string of the molecule is CCCCCC(=O)Cc1ccc(NC(=O)c2ccccc2SSc2ccccc2C(=O)Cc2ccc(NC(=O)NCCC[Si](OCC)(OCC)OCC)cc2)cc1. The lowest BCUT2D eigenvalue weighted by Crippen LogP contribution is -2.46. The maximum atomic E-state index is 13.6. The van der Waals surface area contributed by atoms with Crippen LogP contribution >= 0.6 is 21.6 Å². The van der Waals surface area contributed by atoms with Crippen molar-refractivity contribution in [3.8, 4) is 0 Å². The number of amides is 3. The summed E-state index contributed by atoms with van der Waals surface area (Å²) in [5.74, 6) is -0.0560. The van der Waals surface area contributed by atoms with Gasteiger partial charge in [0.2, 0.25) is 0 Å². The molecule has 0 unspecified atom stereocenters.